The van der Waals surface area contributed by atoms with Crippen LogP contribution in [-0.2, 0) is 4.74 Å². The number of aromatic nitrogens is 3. The van der Waals surface area contributed by atoms with Crippen molar-refractivity contribution in [2.45, 2.75) is 39.5 Å². The summed E-state index contributed by atoms with van der Waals surface area (Å²) < 4.78 is 7.34. The van der Waals surface area contributed by atoms with E-state index >= 15 is 0 Å². The minimum absolute atomic E-state index is 0.411. The molecule has 1 saturated heterocycles. The van der Waals surface area contributed by atoms with Gasteiger partial charge in [-0.2, -0.15) is 9.61 Å². The number of fused-ring (bicyclic) bond motifs is 1. The lowest BCUT2D eigenvalue weighted by molar-refractivity contribution is 0.185. The number of ether oxygens (including phenoxy) is 1. The smallest absolute Gasteiger partial charge is 0.157 e. The van der Waals surface area contributed by atoms with Gasteiger partial charge in [0.15, 0.2) is 5.65 Å². The summed E-state index contributed by atoms with van der Waals surface area (Å²) in [6.07, 6.45) is 2.33. The molecule has 1 N–H and O–H groups in total. The van der Waals surface area contributed by atoms with E-state index in [9.17, 15) is 0 Å². The monoisotopic (exact) mass is 288 g/mol. The molecule has 2 aromatic rings. The molecule has 0 aromatic carbocycles. The lowest BCUT2D eigenvalue weighted by atomic mass is 10.1. The molecule has 1 aliphatic heterocycles. The van der Waals surface area contributed by atoms with Crippen LogP contribution in [0.5, 0.6) is 0 Å². The van der Waals surface area contributed by atoms with E-state index in [0.717, 1.165) is 49.0 Å². The van der Waals surface area contributed by atoms with Gasteiger partial charge in [0.2, 0.25) is 0 Å². The molecule has 3 rings (SSSR count). The third-order valence-electron chi connectivity index (χ3n) is 4.04. The largest absolute Gasteiger partial charge is 0.381 e. The fourth-order valence-electron chi connectivity index (χ4n) is 2.75. The summed E-state index contributed by atoms with van der Waals surface area (Å²) >= 11 is 0. The zero-order valence-electron chi connectivity index (χ0n) is 13.1. The highest BCUT2D eigenvalue weighted by molar-refractivity contribution is 5.50. The first-order valence-electron chi connectivity index (χ1n) is 7.82. The molecule has 21 heavy (non-hydrogen) atoms. The summed E-state index contributed by atoms with van der Waals surface area (Å²) in [5.74, 6) is 2.14. The van der Waals surface area contributed by atoms with Gasteiger partial charge >= 0.3 is 0 Å². The topological polar surface area (TPSA) is 51.5 Å². The Bertz CT molecular complexity index is 614. The van der Waals surface area contributed by atoms with Crippen molar-refractivity contribution in [1.82, 2.24) is 14.6 Å². The van der Waals surface area contributed by atoms with E-state index < -0.39 is 0 Å². The number of rotatable bonds is 5. The summed E-state index contributed by atoms with van der Waals surface area (Å²) in [6, 6.07) is 4.15. The fourth-order valence-corrected chi connectivity index (χ4v) is 2.75. The first-order valence-corrected chi connectivity index (χ1v) is 7.82. The predicted molar refractivity (Wildman–Crippen MR) is 83.8 cm³/mol. The molecule has 0 spiro atoms. The van der Waals surface area contributed by atoms with Gasteiger partial charge in [0, 0.05) is 37.6 Å². The van der Waals surface area contributed by atoms with Crippen LogP contribution in [0.1, 0.15) is 44.0 Å². The molecule has 0 radical (unpaired) electrons. The summed E-state index contributed by atoms with van der Waals surface area (Å²) in [7, 11) is 0. The fraction of sp³-hybridized carbons (Fsp3) is 0.625. The third kappa shape index (κ3) is 3.18. The molecule has 1 unspecified atom stereocenters. The summed E-state index contributed by atoms with van der Waals surface area (Å²) in [5, 5.41) is 8.06. The number of nitrogens with zero attached hydrogens (tertiary/aromatic N) is 3. The standard InChI is InChI=1S/C16H24N4O/c1-11(2)14-9-15(17-6-4-13-5-7-21-10-13)20-16(18-14)8-12(3)19-20/h8-9,11,13,17H,4-7,10H2,1-3H3. The molecular formula is C16H24N4O. The Balaban J connectivity index is 1.78. The summed E-state index contributed by atoms with van der Waals surface area (Å²) in [5.41, 5.74) is 3.02. The third-order valence-corrected chi connectivity index (χ3v) is 4.04. The molecule has 1 fully saturated rings. The van der Waals surface area contributed by atoms with Crippen LogP contribution in [0.15, 0.2) is 12.1 Å². The highest BCUT2D eigenvalue weighted by Crippen LogP contribution is 2.21. The minimum Gasteiger partial charge on any atom is -0.381 e. The van der Waals surface area contributed by atoms with Gasteiger partial charge in [-0.15, -0.1) is 0 Å². The number of aryl methyl sites for hydroxylation is 1. The van der Waals surface area contributed by atoms with Crippen molar-refractivity contribution in [3.63, 3.8) is 0 Å². The van der Waals surface area contributed by atoms with Gasteiger partial charge in [-0.1, -0.05) is 13.8 Å². The van der Waals surface area contributed by atoms with Crippen molar-refractivity contribution >= 4 is 11.5 Å². The maximum absolute atomic E-state index is 5.43. The van der Waals surface area contributed by atoms with Crippen LogP contribution in [0, 0.1) is 12.8 Å². The van der Waals surface area contributed by atoms with Gasteiger partial charge in [0.1, 0.15) is 5.82 Å². The Morgan fingerprint density at radius 1 is 1.43 bits per heavy atom. The normalized spacial score (nSPS) is 18.8. The number of hydrogen-bond acceptors (Lipinski definition) is 4. The molecule has 0 amide bonds. The van der Waals surface area contributed by atoms with Crippen LogP contribution in [-0.4, -0.2) is 34.4 Å². The second-order valence-electron chi connectivity index (χ2n) is 6.22. The molecule has 5 nitrogen and oxygen atoms in total. The number of anilines is 1. The van der Waals surface area contributed by atoms with E-state index in [2.05, 4.69) is 35.3 Å². The predicted octanol–water partition coefficient (Wildman–Crippen LogP) is 3.00. The van der Waals surface area contributed by atoms with Crippen LogP contribution in [0.4, 0.5) is 5.82 Å². The van der Waals surface area contributed by atoms with Crippen molar-refractivity contribution in [2.75, 3.05) is 25.1 Å². The van der Waals surface area contributed by atoms with Crippen LogP contribution in [0.3, 0.4) is 0 Å². The van der Waals surface area contributed by atoms with Crippen molar-refractivity contribution in [1.29, 1.82) is 0 Å². The molecule has 1 aliphatic rings. The number of nitrogens with one attached hydrogen (secondary N) is 1. The number of hydrogen-bond donors (Lipinski definition) is 1. The second kappa shape index (κ2) is 6.02. The van der Waals surface area contributed by atoms with Crippen molar-refractivity contribution in [2.24, 2.45) is 5.92 Å². The van der Waals surface area contributed by atoms with Crippen molar-refractivity contribution in [3.05, 3.63) is 23.5 Å². The average molecular weight is 288 g/mol. The van der Waals surface area contributed by atoms with Crippen molar-refractivity contribution in [3.8, 4) is 0 Å². The lowest BCUT2D eigenvalue weighted by Crippen LogP contribution is -2.12. The summed E-state index contributed by atoms with van der Waals surface area (Å²) in [4.78, 5) is 4.68. The molecule has 1 atom stereocenters. The maximum Gasteiger partial charge on any atom is 0.157 e. The van der Waals surface area contributed by atoms with E-state index in [-0.39, 0.29) is 0 Å². The Morgan fingerprint density at radius 3 is 3.00 bits per heavy atom. The second-order valence-corrected chi connectivity index (χ2v) is 6.22. The van der Waals surface area contributed by atoms with Gasteiger partial charge < -0.3 is 10.1 Å². The maximum atomic E-state index is 5.43. The van der Waals surface area contributed by atoms with Gasteiger partial charge in [-0.25, -0.2) is 4.98 Å². The van der Waals surface area contributed by atoms with E-state index in [1.807, 2.05) is 17.5 Å². The lowest BCUT2D eigenvalue weighted by Gasteiger charge is -2.13. The molecule has 0 bridgehead atoms. The van der Waals surface area contributed by atoms with E-state index in [4.69, 9.17) is 4.74 Å². The van der Waals surface area contributed by atoms with Gasteiger partial charge in [-0.3, -0.25) is 0 Å². The van der Waals surface area contributed by atoms with Gasteiger partial charge in [0.05, 0.1) is 5.69 Å². The molecular weight excluding hydrogens is 264 g/mol. The SMILES string of the molecule is Cc1cc2nc(C(C)C)cc(NCCC3CCOC3)n2n1. The van der Waals surface area contributed by atoms with E-state index in [1.165, 1.54) is 6.42 Å². The molecule has 3 heterocycles. The highest BCUT2D eigenvalue weighted by atomic mass is 16.5. The van der Waals surface area contributed by atoms with Crippen LogP contribution in [0.2, 0.25) is 0 Å². The van der Waals surface area contributed by atoms with E-state index in [0.29, 0.717) is 11.8 Å². The Kier molecular flexibility index (Phi) is 4.10. The van der Waals surface area contributed by atoms with Crippen molar-refractivity contribution < 1.29 is 4.74 Å². The molecule has 114 valence electrons. The Hall–Kier alpha value is -1.62. The van der Waals surface area contributed by atoms with E-state index in [1.54, 1.807) is 0 Å². The first-order chi connectivity index (χ1) is 10.1. The van der Waals surface area contributed by atoms with Crippen LogP contribution in [0.25, 0.3) is 5.65 Å². The average Bonchev–Trinajstić information content (AvgIpc) is 3.06. The van der Waals surface area contributed by atoms with Crippen LogP contribution < -0.4 is 5.32 Å². The Morgan fingerprint density at radius 2 is 2.29 bits per heavy atom. The molecule has 0 saturated carbocycles. The molecule has 5 heteroatoms. The highest BCUT2D eigenvalue weighted by Gasteiger charge is 2.15. The Labute approximate surface area is 125 Å². The minimum atomic E-state index is 0.411. The van der Waals surface area contributed by atoms with Crippen LogP contribution >= 0.6 is 0 Å². The zero-order chi connectivity index (χ0) is 14.8. The quantitative estimate of drug-likeness (QED) is 0.919. The molecule has 0 aliphatic carbocycles. The zero-order valence-corrected chi connectivity index (χ0v) is 13.1. The summed E-state index contributed by atoms with van der Waals surface area (Å²) in [6.45, 7) is 9.11. The molecule has 2 aromatic heterocycles. The first kappa shape index (κ1) is 14.3. The van der Waals surface area contributed by atoms with Gasteiger partial charge in [0.25, 0.3) is 0 Å². The van der Waals surface area contributed by atoms with Gasteiger partial charge in [-0.05, 0) is 31.6 Å².